The Hall–Kier alpha value is -1.60. The molecule has 0 aliphatic heterocycles. The third kappa shape index (κ3) is 3.74. The normalized spacial score (nSPS) is 12.4. The van der Waals surface area contributed by atoms with Gasteiger partial charge in [-0.3, -0.25) is 4.98 Å². The van der Waals surface area contributed by atoms with E-state index in [0.717, 1.165) is 12.1 Å². The molecule has 2 rings (SSSR count). The molecular formula is C13H9ClF3NO2S. The molecule has 1 aromatic carbocycles. The van der Waals surface area contributed by atoms with E-state index in [1.807, 2.05) is 0 Å². The Bertz CT molecular complexity index is 746. The van der Waals surface area contributed by atoms with Gasteiger partial charge in [0.15, 0.2) is 9.84 Å². The lowest BCUT2D eigenvalue weighted by molar-refractivity contribution is -0.137. The third-order valence-corrected chi connectivity index (χ3v) is 4.64. The van der Waals surface area contributed by atoms with Crippen molar-refractivity contribution in [3.05, 3.63) is 58.9 Å². The largest absolute Gasteiger partial charge is 0.417 e. The molecule has 0 aliphatic carbocycles. The van der Waals surface area contributed by atoms with Crippen molar-refractivity contribution in [1.82, 2.24) is 4.98 Å². The fourth-order valence-corrected chi connectivity index (χ4v) is 3.20. The van der Waals surface area contributed by atoms with Crippen LogP contribution < -0.4 is 0 Å². The molecule has 3 nitrogen and oxygen atoms in total. The number of rotatable bonds is 3. The van der Waals surface area contributed by atoms with Crippen molar-refractivity contribution in [3.63, 3.8) is 0 Å². The van der Waals surface area contributed by atoms with Crippen LogP contribution in [0.15, 0.2) is 47.5 Å². The van der Waals surface area contributed by atoms with Gasteiger partial charge < -0.3 is 0 Å². The Morgan fingerprint density at radius 3 is 2.43 bits per heavy atom. The van der Waals surface area contributed by atoms with E-state index in [-0.39, 0.29) is 5.69 Å². The van der Waals surface area contributed by atoms with Gasteiger partial charge in [0.05, 0.1) is 26.9 Å². The van der Waals surface area contributed by atoms with Crippen LogP contribution in [0, 0.1) is 0 Å². The van der Waals surface area contributed by atoms with Gasteiger partial charge in [0.2, 0.25) is 0 Å². The number of benzene rings is 1. The van der Waals surface area contributed by atoms with E-state index in [4.69, 9.17) is 11.6 Å². The summed E-state index contributed by atoms with van der Waals surface area (Å²) in [5, 5.41) is -0.542. The molecule has 8 heteroatoms. The highest BCUT2D eigenvalue weighted by atomic mass is 35.5. The van der Waals surface area contributed by atoms with Crippen LogP contribution in [0.25, 0.3) is 0 Å². The fourth-order valence-electron chi connectivity index (χ4n) is 1.68. The van der Waals surface area contributed by atoms with Crippen molar-refractivity contribution in [3.8, 4) is 0 Å². The molecule has 0 unspecified atom stereocenters. The van der Waals surface area contributed by atoms with Crippen molar-refractivity contribution in [2.45, 2.75) is 16.8 Å². The maximum absolute atomic E-state index is 12.8. The molecule has 1 aromatic heterocycles. The highest BCUT2D eigenvalue weighted by Crippen LogP contribution is 2.36. The average Bonchev–Trinajstić information content (AvgIpc) is 2.38. The van der Waals surface area contributed by atoms with Crippen LogP contribution in [-0.4, -0.2) is 13.4 Å². The quantitative estimate of drug-likeness (QED) is 0.858. The molecule has 0 N–H and O–H groups in total. The van der Waals surface area contributed by atoms with Gasteiger partial charge in [-0.25, -0.2) is 8.42 Å². The number of hydrogen-bond acceptors (Lipinski definition) is 3. The van der Waals surface area contributed by atoms with Gasteiger partial charge in [-0.2, -0.15) is 13.2 Å². The first-order valence-corrected chi connectivity index (χ1v) is 7.72. The standard InChI is InChI=1S/C13H9ClF3NO2S/c14-12-5-4-10(7-11(12)13(15,16)17)21(19,20)8-9-3-1-2-6-18-9/h1-7H,8H2. The number of halogens is 4. The van der Waals surface area contributed by atoms with E-state index >= 15 is 0 Å². The highest BCUT2D eigenvalue weighted by Gasteiger charge is 2.34. The second kappa shape index (κ2) is 5.65. The summed E-state index contributed by atoms with van der Waals surface area (Å²) in [4.78, 5) is 3.41. The first-order chi connectivity index (χ1) is 9.70. The fraction of sp³-hybridized carbons (Fsp3) is 0.154. The van der Waals surface area contributed by atoms with E-state index in [0.29, 0.717) is 6.07 Å². The van der Waals surface area contributed by atoms with Gasteiger partial charge in [-0.05, 0) is 30.3 Å². The molecule has 0 atom stereocenters. The molecule has 0 spiro atoms. The van der Waals surface area contributed by atoms with Gasteiger partial charge in [0.1, 0.15) is 0 Å². The first-order valence-electron chi connectivity index (χ1n) is 5.69. The lowest BCUT2D eigenvalue weighted by Crippen LogP contribution is -2.10. The average molecular weight is 336 g/mol. The molecule has 2 aromatic rings. The molecule has 1 heterocycles. The topological polar surface area (TPSA) is 47.0 Å². The lowest BCUT2D eigenvalue weighted by Gasteiger charge is -2.11. The summed E-state index contributed by atoms with van der Waals surface area (Å²) in [7, 11) is -3.93. The molecular weight excluding hydrogens is 327 g/mol. The molecule has 0 saturated heterocycles. The van der Waals surface area contributed by atoms with Crippen LogP contribution in [-0.2, 0) is 21.8 Å². The second-order valence-electron chi connectivity index (χ2n) is 4.22. The van der Waals surface area contributed by atoms with Gasteiger partial charge in [0, 0.05) is 6.20 Å². The number of alkyl halides is 3. The Morgan fingerprint density at radius 2 is 1.86 bits per heavy atom. The summed E-state index contributed by atoms with van der Waals surface area (Å²) >= 11 is 5.46. The van der Waals surface area contributed by atoms with Crippen molar-refractivity contribution in [2.24, 2.45) is 0 Å². The number of pyridine rings is 1. The van der Waals surface area contributed by atoms with Crippen LogP contribution >= 0.6 is 11.6 Å². The van der Waals surface area contributed by atoms with E-state index in [9.17, 15) is 21.6 Å². The van der Waals surface area contributed by atoms with Gasteiger partial charge in [0.25, 0.3) is 0 Å². The van der Waals surface area contributed by atoms with Crippen LogP contribution in [0.1, 0.15) is 11.3 Å². The number of nitrogens with zero attached hydrogens (tertiary/aromatic N) is 1. The van der Waals surface area contributed by atoms with Gasteiger partial charge in [-0.1, -0.05) is 17.7 Å². The SMILES string of the molecule is O=S(=O)(Cc1ccccn1)c1ccc(Cl)c(C(F)(F)F)c1. The third-order valence-electron chi connectivity index (χ3n) is 2.67. The second-order valence-corrected chi connectivity index (χ2v) is 6.62. The van der Waals surface area contributed by atoms with Crippen LogP contribution in [0.3, 0.4) is 0 Å². The number of hydrogen-bond donors (Lipinski definition) is 0. The minimum atomic E-state index is -4.71. The van der Waals surface area contributed by atoms with Crippen molar-refractivity contribution >= 4 is 21.4 Å². The highest BCUT2D eigenvalue weighted by molar-refractivity contribution is 7.90. The van der Waals surface area contributed by atoms with Gasteiger partial charge >= 0.3 is 6.18 Å². The van der Waals surface area contributed by atoms with E-state index in [1.165, 1.54) is 12.3 Å². The molecule has 112 valence electrons. The summed E-state index contributed by atoms with van der Waals surface area (Å²) in [6.07, 6.45) is -3.30. The Kier molecular flexibility index (Phi) is 4.25. The monoisotopic (exact) mass is 335 g/mol. The van der Waals surface area contributed by atoms with E-state index < -0.39 is 37.2 Å². The summed E-state index contributed by atoms with van der Waals surface area (Å²) in [6, 6.07) is 7.21. The van der Waals surface area contributed by atoms with Crippen LogP contribution in [0.5, 0.6) is 0 Å². The number of sulfone groups is 1. The molecule has 0 aliphatic rings. The van der Waals surface area contributed by atoms with E-state index in [2.05, 4.69) is 4.98 Å². The Labute approximate surface area is 124 Å². The zero-order chi connectivity index (χ0) is 15.7. The maximum atomic E-state index is 12.8. The molecule has 0 amide bonds. The van der Waals surface area contributed by atoms with Crippen molar-refractivity contribution in [1.29, 1.82) is 0 Å². The molecule has 21 heavy (non-hydrogen) atoms. The summed E-state index contributed by atoms with van der Waals surface area (Å²) in [6.45, 7) is 0. The summed E-state index contributed by atoms with van der Waals surface area (Å²) in [5.41, 5.74) is -0.924. The Balaban J connectivity index is 2.42. The molecule has 0 saturated carbocycles. The van der Waals surface area contributed by atoms with Gasteiger partial charge in [-0.15, -0.1) is 0 Å². The smallest absolute Gasteiger partial charge is 0.260 e. The zero-order valence-corrected chi connectivity index (χ0v) is 12.0. The lowest BCUT2D eigenvalue weighted by atomic mass is 10.2. The minimum Gasteiger partial charge on any atom is -0.260 e. The molecule has 0 radical (unpaired) electrons. The molecule has 0 fully saturated rings. The predicted molar refractivity (Wildman–Crippen MR) is 71.6 cm³/mol. The van der Waals surface area contributed by atoms with Crippen molar-refractivity contribution < 1.29 is 21.6 Å². The van der Waals surface area contributed by atoms with Crippen LogP contribution in [0.2, 0.25) is 5.02 Å². The minimum absolute atomic E-state index is 0.251. The zero-order valence-electron chi connectivity index (χ0n) is 10.4. The van der Waals surface area contributed by atoms with Crippen molar-refractivity contribution in [2.75, 3.05) is 0 Å². The predicted octanol–water partition coefficient (Wildman–Crippen LogP) is 3.73. The Morgan fingerprint density at radius 1 is 1.14 bits per heavy atom. The first kappa shape index (κ1) is 15.8. The number of aromatic nitrogens is 1. The van der Waals surface area contributed by atoms with E-state index in [1.54, 1.807) is 12.1 Å². The maximum Gasteiger partial charge on any atom is 0.417 e. The van der Waals surface area contributed by atoms with Crippen LogP contribution in [0.4, 0.5) is 13.2 Å². The summed E-state index contributed by atoms with van der Waals surface area (Å²) in [5.74, 6) is -0.479. The molecule has 0 bridgehead atoms. The summed E-state index contributed by atoms with van der Waals surface area (Å²) < 4.78 is 62.5.